The lowest BCUT2D eigenvalue weighted by Crippen LogP contribution is -2.40. The van der Waals surface area contributed by atoms with Crippen LogP contribution in [0.3, 0.4) is 0 Å². The molecule has 1 aliphatic rings. The quantitative estimate of drug-likeness (QED) is 0.791. The van der Waals surface area contributed by atoms with Crippen LogP contribution in [0.1, 0.15) is 19.8 Å². The lowest BCUT2D eigenvalue weighted by Gasteiger charge is -2.27. The van der Waals surface area contributed by atoms with E-state index in [0.29, 0.717) is 30.7 Å². The van der Waals surface area contributed by atoms with Gasteiger partial charge in [-0.25, -0.2) is 4.39 Å². The summed E-state index contributed by atoms with van der Waals surface area (Å²) in [6.07, 6.45) is 1.56. The van der Waals surface area contributed by atoms with E-state index in [1.165, 1.54) is 18.2 Å². The normalized spacial score (nSPS) is 21.4. The number of methoxy groups -OCH3 is 1. The SMILES string of the molecule is COCCOc1ccc(F)cc1NC(=O)[C@H]1CCN[C@@H](C)C1. The molecule has 0 aliphatic carbocycles. The average Bonchev–Trinajstić information content (AvgIpc) is 2.49. The predicted molar refractivity (Wildman–Crippen MR) is 82.6 cm³/mol. The Morgan fingerprint density at radius 2 is 2.27 bits per heavy atom. The summed E-state index contributed by atoms with van der Waals surface area (Å²) in [5.41, 5.74) is 0.368. The lowest BCUT2D eigenvalue weighted by molar-refractivity contribution is -0.120. The Morgan fingerprint density at radius 1 is 1.45 bits per heavy atom. The summed E-state index contributed by atoms with van der Waals surface area (Å²) in [6.45, 7) is 3.65. The van der Waals surface area contributed by atoms with Gasteiger partial charge < -0.3 is 20.1 Å². The Morgan fingerprint density at radius 3 is 3.00 bits per heavy atom. The van der Waals surface area contributed by atoms with Gasteiger partial charge in [0.15, 0.2) is 0 Å². The first-order valence-electron chi connectivity index (χ1n) is 7.55. The van der Waals surface area contributed by atoms with E-state index in [2.05, 4.69) is 17.6 Å². The second-order valence-corrected chi connectivity index (χ2v) is 5.55. The van der Waals surface area contributed by atoms with Crippen molar-refractivity contribution in [1.29, 1.82) is 0 Å². The minimum Gasteiger partial charge on any atom is -0.489 e. The Bertz CT molecular complexity index is 510. The molecule has 0 aromatic heterocycles. The van der Waals surface area contributed by atoms with Crippen molar-refractivity contribution in [3.63, 3.8) is 0 Å². The summed E-state index contributed by atoms with van der Waals surface area (Å²) in [5, 5.41) is 6.10. The van der Waals surface area contributed by atoms with Crippen molar-refractivity contribution in [2.75, 3.05) is 32.2 Å². The Hall–Kier alpha value is -1.66. The number of carbonyl (C=O) groups excluding carboxylic acids is 1. The fourth-order valence-electron chi connectivity index (χ4n) is 2.57. The monoisotopic (exact) mass is 310 g/mol. The third kappa shape index (κ3) is 4.68. The summed E-state index contributed by atoms with van der Waals surface area (Å²) >= 11 is 0. The van der Waals surface area contributed by atoms with E-state index in [1.807, 2.05) is 0 Å². The smallest absolute Gasteiger partial charge is 0.227 e. The average molecular weight is 310 g/mol. The molecule has 0 bridgehead atoms. The molecule has 2 atom stereocenters. The van der Waals surface area contributed by atoms with E-state index in [-0.39, 0.29) is 11.8 Å². The van der Waals surface area contributed by atoms with Gasteiger partial charge >= 0.3 is 0 Å². The summed E-state index contributed by atoms with van der Waals surface area (Å²) < 4.78 is 23.9. The zero-order valence-electron chi connectivity index (χ0n) is 13.0. The molecule has 2 N–H and O–H groups in total. The molecular formula is C16H23FN2O3. The summed E-state index contributed by atoms with van der Waals surface area (Å²) in [5.74, 6) is -0.108. The second-order valence-electron chi connectivity index (χ2n) is 5.55. The molecule has 22 heavy (non-hydrogen) atoms. The van der Waals surface area contributed by atoms with Crippen LogP contribution < -0.4 is 15.4 Å². The number of ether oxygens (including phenoxy) is 2. The van der Waals surface area contributed by atoms with Gasteiger partial charge in [0.25, 0.3) is 0 Å². The zero-order chi connectivity index (χ0) is 15.9. The van der Waals surface area contributed by atoms with Gasteiger partial charge in [-0.15, -0.1) is 0 Å². The fourth-order valence-corrected chi connectivity index (χ4v) is 2.57. The highest BCUT2D eigenvalue weighted by Gasteiger charge is 2.25. The van der Waals surface area contributed by atoms with Crippen LogP contribution in [0.2, 0.25) is 0 Å². The molecular weight excluding hydrogens is 287 g/mol. The maximum absolute atomic E-state index is 13.4. The third-order valence-corrected chi connectivity index (χ3v) is 3.74. The summed E-state index contributed by atoms with van der Waals surface area (Å²) in [6, 6.07) is 4.43. The Kier molecular flexibility index (Phi) is 6.15. The molecule has 1 fully saturated rings. The van der Waals surface area contributed by atoms with Crippen LogP contribution in [-0.4, -0.2) is 38.8 Å². The van der Waals surface area contributed by atoms with Crippen molar-refractivity contribution in [2.24, 2.45) is 5.92 Å². The Balaban J connectivity index is 2.03. The largest absolute Gasteiger partial charge is 0.489 e. The minimum absolute atomic E-state index is 0.0636. The molecule has 6 heteroatoms. The van der Waals surface area contributed by atoms with Crippen molar-refractivity contribution < 1.29 is 18.7 Å². The molecule has 1 aliphatic heterocycles. The van der Waals surface area contributed by atoms with Crippen molar-refractivity contribution in [2.45, 2.75) is 25.8 Å². The molecule has 5 nitrogen and oxygen atoms in total. The van der Waals surface area contributed by atoms with Crippen molar-refractivity contribution in [3.8, 4) is 5.75 Å². The molecule has 0 spiro atoms. The van der Waals surface area contributed by atoms with Gasteiger partial charge in [-0.3, -0.25) is 4.79 Å². The van der Waals surface area contributed by atoms with Crippen molar-refractivity contribution in [3.05, 3.63) is 24.0 Å². The van der Waals surface area contributed by atoms with Crippen LogP contribution in [0.4, 0.5) is 10.1 Å². The number of hydrogen-bond donors (Lipinski definition) is 2. The van der Waals surface area contributed by atoms with E-state index in [1.54, 1.807) is 7.11 Å². The number of carbonyl (C=O) groups is 1. The maximum Gasteiger partial charge on any atom is 0.227 e. The summed E-state index contributed by atoms with van der Waals surface area (Å²) in [4.78, 5) is 12.4. The predicted octanol–water partition coefficient (Wildman–Crippen LogP) is 2.18. The van der Waals surface area contributed by atoms with Crippen LogP contribution in [-0.2, 0) is 9.53 Å². The van der Waals surface area contributed by atoms with E-state index in [4.69, 9.17) is 9.47 Å². The molecule has 1 heterocycles. The van der Waals surface area contributed by atoms with Gasteiger partial charge in [0.2, 0.25) is 5.91 Å². The highest BCUT2D eigenvalue weighted by atomic mass is 19.1. The van der Waals surface area contributed by atoms with Gasteiger partial charge in [0, 0.05) is 25.1 Å². The molecule has 0 unspecified atom stereocenters. The number of nitrogens with one attached hydrogen (secondary N) is 2. The molecule has 1 amide bonds. The highest BCUT2D eigenvalue weighted by Crippen LogP contribution is 2.27. The van der Waals surface area contributed by atoms with Crippen LogP contribution in [0.5, 0.6) is 5.75 Å². The standard InChI is InChI=1S/C16H23FN2O3/c1-11-9-12(5-6-18-11)16(20)19-14-10-13(17)3-4-15(14)22-8-7-21-2/h3-4,10-12,18H,5-9H2,1-2H3,(H,19,20)/t11-,12-/m0/s1. The first-order chi connectivity index (χ1) is 10.6. The van der Waals surface area contributed by atoms with Crippen LogP contribution in [0.25, 0.3) is 0 Å². The third-order valence-electron chi connectivity index (χ3n) is 3.74. The number of piperidine rings is 1. The van der Waals surface area contributed by atoms with Crippen LogP contribution in [0, 0.1) is 11.7 Å². The lowest BCUT2D eigenvalue weighted by atomic mass is 9.92. The second kappa shape index (κ2) is 8.10. The van der Waals surface area contributed by atoms with E-state index < -0.39 is 5.82 Å². The molecule has 1 saturated heterocycles. The number of rotatable bonds is 6. The molecule has 0 saturated carbocycles. The van der Waals surface area contributed by atoms with Crippen LogP contribution >= 0.6 is 0 Å². The first-order valence-corrected chi connectivity index (χ1v) is 7.55. The van der Waals surface area contributed by atoms with E-state index in [9.17, 15) is 9.18 Å². The molecule has 1 aromatic rings. The van der Waals surface area contributed by atoms with Crippen molar-refractivity contribution >= 4 is 11.6 Å². The van der Waals surface area contributed by atoms with Gasteiger partial charge in [0.05, 0.1) is 12.3 Å². The van der Waals surface area contributed by atoms with Crippen molar-refractivity contribution in [1.82, 2.24) is 5.32 Å². The topological polar surface area (TPSA) is 59.6 Å². The minimum atomic E-state index is -0.409. The van der Waals surface area contributed by atoms with E-state index >= 15 is 0 Å². The highest BCUT2D eigenvalue weighted by molar-refractivity contribution is 5.94. The first kappa shape index (κ1) is 16.7. The van der Waals surface area contributed by atoms with E-state index in [0.717, 1.165) is 19.4 Å². The molecule has 122 valence electrons. The molecule has 0 radical (unpaired) electrons. The fraction of sp³-hybridized carbons (Fsp3) is 0.562. The molecule has 1 aromatic carbocycles. The number of hydrogen-bond acceptors (Lipinski definition) is 4. The number of anilines is 1. The maximum atomic E-state index is 13.4. The van der Waals surface area contributed by atoms with Gasteiger partial charge in [-0.05, 0) is 38.4 Å². The van der Waals surface area contributed by atoms with Gasteiger partial charge in [0.1, 0.15) is 18.2 Å². The number of benzene rings is 1. The zero-order valence-corrected chi connectivity index (χ0v) is 13.0. The number of halogens is 1. The van der Waals surface area contributed by atoms with Gasteiger partial charge in [-0.2, -0.15) is 0 Å². The molecule has 2 rings (SSSR count). The Labute approximate surface area is 130 Å². The summed E-state index contributed by atoms with van der Waals surface area (Å²) in [7, 11) is 1.58. The number of amides is 1. The van der Waals surface area contributed by atoms with Gasteiger partial charge in [-0.1, -0.05) is 0 Å². The van der Waals surface area contributed by atoms with Crippen LogP contribution in [0.15, 0.2) is 18.2 Å².